The first-order chi connectivity index (χ1) is 14.4. The van der Waals surface area contributed by atoms with Crippen LogP contribution in [0.3, 0.4) is 0 Å². The van der Waals surface area contributed by atoms with Crippen LogP contribution in [0.2, 0.25) is 5.15 Å². The van der Waals surface area contributed by atoms with E-state index >= 15 is 0 Å². The zero-order chi connectivity index (χ0) is 21.3. The van der Waals surface area contributed by atoms with Crippen molar-refractivity contribution < 1.29 is 18.0 Å². The number of hydrogen-bond donors (Lipinski definition) is 1. The van der Waals surface area contributed by atoms with Crippen LogP contribution in [0.4, 0.5) is 24.7 Å². The van der Waals surface area contributed by atoms with Crippen molar-refractivity contribution in [2.24, 2.45) is 0 Å². The molecule has 30 heavy (non-hydrogen) atoms. The van der Waals surface area contributed by atoms with Gasteiger partial charge in [-0.25, -0.2) is 23.1 Å². The van der Waals surface area contributed by atoms with Crippen molar-refractivity contribution in [3.8, 4) is 11.1 Å². The summed E-state index contributed by atoms with van der Waals surface area (Å²) in [6, 6.07) is 7.47. The van der Waals surface area contributed by atoms with E-state index in [9.17, 15) is 18.0 Å². The van der Waals surface area contributed by atoms with E-state index in [1.54, 1.807) is 4.90 Å². The predicted molar refractivity (Wildman–Crippen MR) is 109 cm³/mol. The molecule has 0 aliphatic carbocycles. The lowest BCUT2D eigenvalue weighted by atomic mass is 10.0. The molecule has 4 rings (SSSR count). The van der Waals surface area contributed by atoms with Crippen LogP contribution >= 0.6 is 11.6 Å². The van der Waals surface area contributed by atoms with E-state index in [4.69, 9.17) is 11.6 Å². The Hall–Kier alpha value is -3.13. The van der Waals surface area contributed by atoms with Crippen molar-refractivity contribution in [1.82, 2.24) is 9.97 Å². The minimum atomic E-state index is -1.04. The summed E-state index contributed by atoms with van der Waals surface area (Å²) in [7, 11) is 0. The second-order valence-corrected chi connectivity index (χ2v) is 7.22. The fraction of sp³-hybridized carbons (Fsp3) is 0.190. The van der Waals surface area contributed by atoms with E-state index in [0.717, 1.165) is 18.2 Å². The third-order valence-corrected chi connectivity index (χ3v) is 5.03. The van der Waals surface area contributed by atoms with E-state index in [-0.39, 0.29) is 39.9 Å². The Morgan fingerprint density at radius 3 is 2.67 bits per heavy atom. The summed E-state index contributed by atoms with van der Waals surface area (Å²) < 4.78 is 42.2. The average Bonchev–Trinajstić information content (AvgIpc) is 3.16. The molecule has 1 aliphatic rings. The van der Waals surface area contributed by atoms with Crippen molar-refractivity contribution in [2.45, 2.75) is 12.6 Å². The number of halogens is 4. The molecule has 1 N–H and O–H groups in total. The van der Waals surface area contributed by atoms with Gasteiger partial charge >= 0.3 is 0 Å². The Morgan fingerprint density at radius 2 is 1.97 bits per heavy atom. The number of alkyl halides is 1. The summed E-state index contributed by atoms with van der Waals surface area (Å²) in [4.78, 5) is 22.6. The topological polar surface area (TPSA) is 58.1 Å². The molecular weight excluding hydrogens is 417 g/mol. The maximum Gasteiger partial charge on any atom is 0.257 e. The largest absolute Gasteiger partial charge is 0.352 e. The summed E-state index contributed by atoms with van der Waals surface area (Å²) in [6.07, 6.45) is 1.99. The molecule has 1 atom stereocenters. The summed E-state index contributed by atoms with van der Waals surface area (Å²) >= 11 is 5.77. The lowest BCUT2D eigenvalue weighted by Crippen LogP contribution is -2.24. The number of nitrogens with zero attached hydrogens (tertiary/aromatic N) is 3. The fourth-order valence-corrected chi connectivity index (χ4v) is 3.46. The van der Waals surface area contributed by atoms with E-state index in [1.165, 1.54) is 30.6 Å². The van der Waals surface area contributed by atoms with Gasteiger partial charge in [-0.15, -0.1) is 0 Å². The monoisotopic (exact) mass is 432 g/mol. The highest BCUT2D eigenvalue weighted by Crippen LogP contribution is 2.38. The molecule has 1 saturated heterocycles. The molecule has 1 aliphatic heterocycles. The molecule has 3 heterocycles. The van der Waals surface area contributed by atoms with Crippen molar-refractivity contribution >= 4 is 29.0 Å². The van der Waals surface area contributed by atoms with Gasteiger partial charge in [-0.2, -0.15) is 0 Å². The fourth-order valence-electron chi connectivity index (χ4n) is 3.35. The van der Waals surface area contributed by atoms with Gasteiger partial charge in [-0.3, -0.25) is 4.79 Å². The third-order valence-electron chi connectivity index (χ3n) is 4.81. The predicted octanol–water partition coefficient (Wildman–Crippen LogP) is 4.88. The number of carbonyl (C=O) groups is 1. The van der Waals surface area contributed by atoms with Gasteiger partial charge in [0.1, 0.15) is 23.0 Å². The molecule has 9 heteroatoms. The molecule has 5 nitrogen and oxygen atoms in total. The van der Waals surface area contributed by atoms with Gasteiger partial charge < -0.3 is 10.2 Å². The van der Waals surface area contributed by atoms with Crippen molar-refractivity contribution in [2.75, 3.05) is 23.3 Å². The van der Waals surface area contributed by atoms with Crippen LogP contribution in [-0.4, -0.2) is 35.1 Å². The van der Waals surface area contributed by atoms with Crippen LogP contribution in [0, 0.1) is 11.6 Å². The number of benzene rings is 1. The van der Waals surface area contributed by atoms with E-state index in [2.05, 4.69) is 15.3 Å². The van der Waals surface area contributed by atoms with Crippen LogP contribution in [0.25, 0.3) is 11.1 Å². The van der Waals surface area contributed by atoms with E-state index in [0.29, 0.717) is 13.0 Å². The molecule has 0 radical (unpaired) electrons. The quantitative estimate of drug-likeness (QED) is 0.597. The van der Waals surface area contributed by atoms with Gasteiger partial charge in [0.2, 0.25) is 0 Å². The molecule has 154 valence electrons. The number of hydrogen-bond acceptors (Lipinski definition) is 4. The normalized spacial score (nSPS) is 16.0. The maximum atomic E-state index is 14.5. The Bertz CT molecular complexity index is 1090. The van der Waals surface area contributed by atoms with Gasteiger partial charge in [0.15, 0.2) is 5.82 Å². The molecule has 1 fully saturated rings. The Kier molecular flexibility index (Phi) is 5.59. The molecule has 1 aromatic carbocycles. The van der Waals surface area contributed by atoms with Gasteiger partial charge in [0.25, 0.3) is 5.91 Å². The standard InChI is InChI=1S/C21H16ClF3N4O/c22-18-4-1-12(10-27-18)21(30)28-19-15(16-9-13(23)2-3-17(16)25)5-7-26-20(19)29-8-6-14(24)11-29/h1-5,7,9-10,14H,6,8,11H2,(H,28,30)/t14-/m0/s1. The van der Waals surface area contributed by atoms with Crippen LogP contribution < -0.4 is 10.2 Å². The molecule has 0 bridgehead atoms. The number of amides is 1. The average molecular weight is 433 g/mol. The number of aromatic nitrogens is 2. The minimum absolute atomic E-state index is 0.0424. The van der Waals surface area contributed by atoms with Crippen molar-refractivity contribution in [1.29, 1.82) is 0 Å². The van der Waals surface area contributed by atoms with Crippen LogP contribution in [0.15, 0.2) is 48.8 Å². The minimum Gasteiger partial charge on any atom is -0.352 e. The molecule has 2 aromatic heterocycles. The van der Waals surface area contributed by atoms with E-state index < -0.39 is 23.7 Å². The summed E-state index contributed by atoms with van der Waals surface area (Å²) in [5.74, 6) is -1.55. The van der Waals surface area contributed by atoms with Gasteiger partial charge in [0, 0.05) is 30.1 Å². The second-order valence-electron chi connectivity index (χ2n) is 6.84. The lowest BCUT2D eigenvalue weighted by Gasteiger charge is -2.22. The number of nitrogens with one attached hydrogen (secondary N) is 1. The van der Waals surface area contributed by atoms with Crippen LogP contribution in [0.5, 0.6) is 0 Å². The second kappa shape index (κ2) is 8.31. The van der Waals surface area contributed by atoms with Gasteiger partial charge in [-0.05, 0) is 42.8 Å². The maximum absolute atomic E-state index is 14.5. The zero-order valence-electron chi connectivity index (χ0n) is 15.6. The van der Waals surface area contributed by atoms with Crippen LogP contribution in [-0.2, 0) is 0 Å². The summed E-state index contributed by atoms with van der Waals surface area (Å²) in [5.41, 5.74) is 0.564. The molecular formula is C21H16ClF3N4O. The van der Waals surface area contributed by atoms with Crippen LogP contribution in [0.1, 0.15) is 16.8 Å². The molecule has 1 amide bonds. The van der Waals surface area contributed by atoms with E-state index in [1.807, 2.05) is 0 Å². The van der Waals surface area contributed by atoms with Gasteiger partial charge in [-0.1, -0.05) is 11.6 Å². The summed E-state index contributed by atoms with van der Waals surface area (Å²) in [6.45, 7) is 0.474. The number of carbonyl (C=O) groups excluding carboxylic acids is 1. The highest BCUT2D eigenvalue weighted by Gasteiger charge is 2.27. The first kappa shape index (κ1) is 20.2. The highest BCUT2D eigenvalue weighted by molar-refractivity contribution is 6.29. The highest BCUT2D eigenvalue weighted by atomic mass is 35.5. The molecule has 0 saturated carbocycles. The first-order valence-electron chi connectivity index (χ1n) is 9.18. The zero-order valence-corrected chi connectivity index (χ0v) is 16.3. The lowest BCUT2D eigenvalue weighted by molar-refractivity contribution is 0.102. The first-order valence-corrected chi connectivity index (χ1v) is 9.56. The third kappa shape index (κ3) is 4.09. The Balaban J connectivity index is 1.81. The van der Waals surface area contributed by atoms with Crippen molar-refractivity contribution in [3.05, 3.63) is 71.1 Å². The van der Waals surface area contributed by atoms with Crippen molar-refractivity contribution in [3.63, 3.8) is 0 Å². The number of pyridine rings is 2. The molecule has 0 unspecified atom stereocenters. The molecule has 3 aromatic rings. The molecule has 0 spiro atoms. The number of anilines is 2. The smallest absolute Gasteiger partial charge is 0.257 e. The Labute approximate surface area is 175 Å². The Morgan fingerprint density at radius 1 is 1.13 bits per heavy atom. The number of rotatable bonds is 4. The SMILES string of the molecule is O=C(Nc1c(-c2cc(F)ccc2F)ccnc1N1CC[C@H](F)C1)c1ccc(Cl)nc1. The summed E-state index contributed by atoms with van der Waals surface area (Å²) in [5, 5.41) is 2.94. The van der Waals surface area contributed by atoms with Gasteiger partial charge in [0.05, 0.1) is 17.8 Å².